The molecule has 2 N–H and O–H groups in total. The Morgan fingerprint density at radius 3 is 2.73 bits per heavy atom. The van der Waals surface area contributed by atoms with Crippen molar-refractivity contribution in [3.63, 3.8) is 0 Å². The Labute approximate surface area is 152 Å². The van der Waals surface area contributed by atoms with Gasteiger partial charge in [-0.1, -0.05) is 12.1 Å². The van der Waals surface area contributed by atoms with Crippen LogP contribution in [0.25, 0.3) is 10.8 Å². The molecule has 0 aliphatic carbocycles. The predicted molar refractivity (Wildman–Crippen MR) is 97.2 cm³/mol. The molecule has 0 aliphatic heterocycles. The minimum absolute atomic E-state index is 0.136. The van der Waals surface area contributed by atoms with E-state index in [0.29, 0.717) is 10.6 Å². The first-order chi connectivity index (χ1) is 12.4. The molecule has 0 radical (unpaired) electrons. The number of benzene rings is 1. The molecule has 3 amide bonds. The van der Waals surface area contributed by atoms with Gasteiger partial charge < -0.3 is 9.73 Å². The van der Waals surface area contributed by atoms with Crippen LogP contribution >= 0.6 is 11.3 Å². The first-order valence-corrected chi connectivity index (χ1v) is 8.60. The van der Waals surface area contributed by atoms with Crippen molar-refractivity contribution in [1.29, 1.82) is 0 Å². The quantitative estimate of drug-likeness (QED) is 0.732. The molecular weight excluding hydrogens is 356 g/mol. The van der Waals surface area contributed by atoms with Gasteiger partial charge in [0.1, 0.15) is 6.54 Å². The van der Waals surface area contributed by atoms with Gasteiger partial charge in [-0.25, -0.2) is 9.59 Å². The average Bonchev–Trinajstić information content (AvgIpc) is 3.21. The van der Waals surface area contributed by atoms with Crippen molar-refractivity contribution >= 4 is 29.0 Å². The number of imide groups is 1. The Morgan fingerprint density at radius 2 is 2.04 bits per heavy atom. The summed E-state index contributed by atoms with van der Waals surface area (Å²) in [5, 5.41) is 10.5. The molecule has 2 heterocycles. The highest BCUT2D eigenvalue weighted by Crippen LogP contribution is 2.21. The van der Waals surface area contributed by atoms with Crippen molar-refractivity contribution in [2.24, 2.45) is 0 Å². The Hall–Kier alpha value is -3.20. The van der Waals surface area contributed by atoms with Gasteiger partial charge in [-0.3, -0.25) is 10.1 Å². The highest BCUT2D eigenvalue weighted by atomic mass is 32.1. The van der Waals surface area contributed by atoms with Crippen LogP contribution in [0.15, 0.2) is 44.9 Å². The molecule has 0 atom stereocenters. The van der Waals surface area contributed by atoms with Gasteiger partial charge in [0.15, 0.2) is 0 Å². The number of amides is 3. The van der Waals surface area contributed by atoms with Gasteiger partial charge >= 0.3 is 11.8 Å². The largest absolute Gasteiger partial charge is 0.437 e. The Balaban J connectivity index is 1.61. The summed E-state index contributed by atoms with van der Waals surface area (Å²) in [6.45, 7) is 3.46. The fourth-order valence-corrected chi connectivity index (χ4v) is 2.83. The lowest BCUT2D eigenvalue weighted by molar-refractivity contribution is -0.120. The van der Waals surface area contributed by atoms with Crippen LogP contribution in [-0.2, 0) is 11.3 Å². The van der Waals surface area contributed by atoms with Gasteiger partial charge in [-0.2, -0.15) is 4.68 Å². The van der Waals surface area contributed by atoms with Crippen LogP contribution in [0.4, 0.5) is 10.5 Å². The van der Waals surface area contributed by atoms with Crippen LogP contribution < -0.4 is 16.4 Å². The van der Waals surface area contributed by atoms with Gasteiger partial charge in [-0.05, 0) is 48.6 Å². The summed E-state index contributed by atoms with van der Waals surface area (Å²) in [5.41, 5.74) is 2.68. The zero-order valence-electron chi connectivity index (χ0n) is 14.1. The fraction of sp³-hybridized carbons (Fsp3) is 0.176. The van der Waals surface area contributed by atoms with Gasteiger partial charge in [0, 0.05) is 5.69 Å². The van der Waals surface area contributed by atoms with E-state index in [9.17, 15) is 14.4 Å². The Kier molecular flexibility index (Phi) is 4.99. The number of nitrogens with one attached hydrogen (secondary N) is 2. The first-order valence-electron chi connectivity index (χ1n) is 7.72. The number of hydrogen-bond donors (Lipinski definition) is 2. The summed E-state index contributed by atoms with van der Waals surface area (Å²) in [6, 6.07) is 8.26. The van der Waals surface area contributed by atoms with Crippen molar-refractivity contribution in [1.82, 2.24) is 15.1 Å². The van der Waals surface area contributed by atoms with Gasteiger partial charge in [0.2, 0.25) is 5.91 Å². The molecule has 0 saturated heterocycles. The molecule has 8 nitrogen and oxygen atoms in total. The molecule has 1 aromatic carbocycles. The van der Waals surface area contributed by atoms with E-state index in [2.05, 4.69) is 15.7 Å². The maximum absolute atomic E-state index is 12.0. The highest BCUT2D eigenvalue weighted by Gasteiger charge is 2.15. The third kappa shape index (κ3) is 4.06. The first kappa shape index (κ1) is 17.6. The lowest BCUT2D eigenvalue weighted by Crippen LogP contribution is -2.38. The monoisotopic (exact) mass is 372 g/mol. The number of carbonyl (C=O) groups excluding carboxylic acids is 2. The number of thiophene rings is 1. The van der Waals surface area contributed by atoms with E-state index in [-0.39, 0.29) is 5.89 Å². The SMILES string of the molecule is Cc1ccc(NC(=O)NC(=O)Cn2nc(-c3cccs3)oc2=O)cc1C. The van der Waals surface area contributed by atoms with Crippen LogP contribution in [0.2, 0.25) is 0 Å². The van der Waals surface area contributed by atoms with Gasteiger partial charge in [-0.15, -0.1) is 16.4 Å². The average molecular weight is 372 g/mol. The second-order valence-electron chi connectivity index (χ2n) is 5.61. The zero-order valence-corrected chi connectivity index (χ0v) is 14.9. The lowest BCUT2D eigenvalue weighted by atomic mass is 10.1. The van der Waals surface area contributed by atoms with Gasteiger partial charge in [0.25, 0.3) is 5.89 Å². The number of rotatable bonds is 4. The number of hydrogen-bond acceptors (Lipinski definition) is 6. The molecule has 0 bridgehead atoms. The third-order valence-corrected chi connectivity index (χ3v) is 4.51. The highest BCUT2D eigenvalue weighted by molar-refractivity contribution is 7.13. The van der Waals surface area contributed by atoms with Crippen molar-refractivity contribution in [2.75, 3.05) is 5.32 Å². The maximum atomic E-state index is 12.0. The van der Waals surface area contributed by atoms with E-state index in [0.717, 1.165) is 15.8 Å². The lowest BCUT2D eigenvalue weighted by Gasteiger charge is -2.08. The van der Waals surface area contributed by atoms with E-state index in [1.807, 2.05) is 25.3 Å². The van der Waals surface area contributed by atoms with E-state index in [1.54, 1.807) is 24.3 Å². The minimum atomic E-state index is -0.766. The molecule has 0 spiro atoms. The van der Waals surface area contributed by atoms with Crippen LogP contribution in [0.5, 0.6) is 0 Å². The standard InChI is InChI=1S/C17H16N4O4S/c1-10-5-6-12(8-11(10)2)18-16(23)19-14(22)9-21-17(24)25-15(20-21)13-4-3-7-26-13/h3-8H,9H2,1-2H3,(H2,18,19,22,23). The maximum Gasteiger partial charge on any atom is 0.437 e. The zero-order chi connectivity index (χ0) is 18.7. The van der Waals surface area contributed by atoms with Crippen LogP contribution in [-0.4, -0.2) is 21.7 Å². The Morgan fingerprint density at radius 1 is 1.23 bits per heavy atom. The number of urea groups is 1. The molecule has 0 saturated carbocycles. The van der Waals surface area contributed by atoms with Crippen molar-refractivity contribution in [3.8, 4) is 10.8 Å². The van der Waals surface area contributed by atoms with Crippen molar-refractivity contribution < 1.29 is 14.0 Å². The second kappa shape index (κ2) is 7.36. The second-order valence-corrected chi connectivity index (χ2v) is 6.56. The number of anilines is 1. The van der Waals surface area contributed by atoms with Crippen LogP contribution in [0, 0.1) is 13.8 Å². The summed E-state index contributed by atoms with van der Waals surface area (Å²) >= 11 is 1.36. The predicted octanol–water partition coefficient (Wildman–Crippen LogP) is 2.53. The molecule has 2 aromatic heterocycles. The van der Waals surface area contributed by atoms with Crippen molar-refractivity contribution in [3.05, 3.63) is 57.4 Å². The molecule has 3 rings (SSSR count). The summed E-state index contributed by atoms with van der Waals surface area (Å²) in [5.74, 6) is -1.31. The van der Waals surface area contributed by atoms with Crippen LogP contribution in [0.3, 0.4) is 0 Å². The summed E-state index contributed by atoms with van der Waals surface area (Å²) in [6.07, 6.45) is 0. The summed E-state index contributed by atoms with van der Waals surface area (Å²) < 4.78 is 5.88. The smallest absolute Gasteiger partial charge is 0.387 e. The third-order valence-electron chi connectivity index (χ3n) is 3.65. The number of aryl methyl sites for hydroxylation is 2. The summed E-state index contributed by atoms with van der Waals surface area (Å²) in [7, 11) is 0. The molecule has 3 aromatic rings. The van der Waals surface area contributed by atoms with Crippen molar-refractivity contribution in [2.45, 2.75) is 20.4 Å². The molecule has 26 heavy (non-hydrogen) atoms. The summed E-state index contributed by atoms with van der Waals surface area (Å²) in [4.78, 5) is 36.3. The Bertz CT molecular complexity index is 1000. The van der Waals surface area contributed by atoms with E-state index in [4.69, 9.17) is 4.42 Å². The van der Waals surface area contributed by atoms with E-state index >= 15 is 0 Å². The normalized spacial score (nSPS) is 10.5. The fourth-order valence-electron chi connectivity index (χ4n) is 2.19. The molecule has 0 fully saturated rings. The molecule has 0 aliphatic rings. The molecular formula is C17H16N4O4S. The van der Waals surface area contributed by atoms with E-state index in [1.165, 1.54) is 11.3 Å². The van der Waals surface area contributed by atoms with Crippen LogP contribution in [0.1, 0.15) is 11.1 Å². The molecule has 0 unspecified atom stereocenters. The van der Waals surface area contributed by atoms with E-state index < -0.39 is 24.2 Å². The number of nitrogens with zero attached hydrogens (tertiary/aromatic N) is 2. The number of carbonyl (C=O) groups is 2. The van der Waals surface area contributed by atoms with Gasteiger partial charge in [0.05, 0.1) is 4.88 Å². The number of aromatic nitrogens is 2. The topological polar surface area (TPSA) is 106 Å². The molecule has 134 valence electrons. The minimum Gasteiger partial charge on any atom is -0.387 e. The molecule has 9 heteroatoms.